The molecule has 37 heavy (non-hydrogen) atoms. The molecule has 0 bridgehead atoms. The number of nitrogens with one attached hydrogen (secondary N) is 1. The first kappa shape index (κ1) is 24.7. The molecule has 3 aromatic carbocycles. The second-order valence-electron chi connectivity index (χ2n) is 10.1. The van der Waals surface area contributed by atoms with Gasteiger partial charge in [-0.2, -0.15) is 0 Å². The van der Waals surface area contributed by atoms with E-state index in [9.17, 15) is 4.79 Å². The summed E-state index contributed by atoms with van der Waals surface area (Å²) < 4.78 is 11.8. The summed E-state index contributed by atoms with van der Waals surface area (Å²) in [5, 5.41) is 3.06. The summed E-state index contributed by atoms with van der Waals surface area (Å²) >= 11 is 0. The molecule has 0 unspecified atom stereocenters. The van der Waals surface area contributed by atoms with Gasteiger partial charge in [0, 0.05) is 31.4 Å². The summed E-state index contributed by atoms with van der Waals surface area (Å²) in [6.07, 6.45) is 0. The Labute approximate surface area is 218 Å². The molecule has 0 spiro atoms. The van der Waals surface area contributed by atoms with Crippen molar-refractivity contribution in [3.8, 4) is 17.2 Å². The second kappa shape index (κ2) is 10.2. The Hall–Kier alpha value is -4.00. The number of urea groups is 1. The zero-order chi connectivity index (χ0) is 26.1. The summed E-state index contributed by atoms with van der Waals surface area (Å²) in [5.74, 6) is 3.49. The van der Waals surface area contributed by atoms with Crippen LogP contribution in [0.4, 0.5) is 16.2 Å². The highest BCUT2D eigenvalue weighted by Gasteiger charge is 2.32. The third kappa shape index (κ3) is 5.12. The second-order valence-corrected chi connectivity index (χ2v) is 10.1. The van der Waals surface area contributed by atoms with Gasteiger partial charge in [0.15, 0.2) is 5.75 Å². The van der Waals surface area contributed by atoms with Gasteiger partial charge in [-0.3, -0.25) is 0 Å². The highest BCUT2D eigenvalue weighted by atomic mass is 16.5. The van der Waals surface area contributed by atoms with E-state index in [1.807, 2.05) is 60.4 Å². The zero-order valence-electron chi connectivity index (χ0n) is 22.1. The third-order valence-electron chi connectivity index (χ3n) is 7.01. The van der Waals surface area contributed by atoms with Crippen LogP contribution in [0.2, 0.25) is 0 Å². The van der Waals surface area contributed by atoms with Crippen LogP contribution >= 0.6 is 0 Å². The predicted molar refractivity (Wildman–Crippen MR) is 148 cm³/mol. The molecule has 7 heteroatoms. The molecule has 0 aromatic heterocycles. The maximum Gasteiger partial charge on any atom is 0.322 e. The van der Waals surface area contributed by atoms with Gasteiger partial charge in [-0.25, -0.2) is 9.79 Å². The fourth-order valence-electron chi connectivity index (χ4n) is 4.83. The number of amidine groups is 1. The standard InChI is InChI=1S/C30H34N4O3/c1-19(2)22-7-9-23(10-8-22)31-30(35)34-15-14-33(18-21(34)4)29-25-17-24(36-5)11-13-27(25)37-28-16-20(3)6-12-26(28)32-29/h6-13,16-17,19,21H,14-15,18H2,1-5H3,(H,31,35)/t21-/m0/s1. The lowest BCUT2D eigenvalue weighted by molar-refractivity contribution is 0.145. The number of aliphatic imine (C=N–C) groups is 1. The number of piperazine rings is 1. The Balaban J connectivity index is 1.38. The van der Waals surface area contributed by atoms with Crippen molar-refractivity contribution < 1.29 is 14.3 Å². The average molecular weight is 499 g/mol. The molecule has 2 aliphatic rings. The summed E-state index contributed by atoms with van der Waals surface area (Å²) in [6, 6.07) is 19.8. The molecule has 2 heterocycles. The van der Waals surface area contributed by atoms with Crippen molar-refractivity contribution in [2.45, 2.75) is 39.7 Å². The Morgan fingerprint density at radius 3 is 2.54 bits per heavy atom. The number of benzene rings is 3. The highest BCUT2D eigenvalue weighted by Crippen LogP contribution is 2.40. The Morgan fingerprint density at radius 2 is 1.84 bits per heavy atom. The van der Waals surface area contributed by atoms with Crippen LogP contribution in [0.1, 0.15) is 43.4 Å². The van der Waals surface area contributed by atoms with E-state index < -0.39 is 0 Å². The number of aryl methyl sites for hydroxylation is 1. The SMILES string of the molecule is COc1ccc2c(c1)C(N1CCN(C(=O)Nc3ccc(C(C)C)cc3)[C@@H](C)C1)=Nc1ccc(C)cc1O2. The molecule has 7 nitrogen and oxygen atoms in total. The zero-order valence-corrected chi connectivity index (χ0v) is 22.1. The van der Waals surface area contributed by atoms with E-state index in [0.717, 1.165) is 45.6 Å². The lowest BCUT2D eigenvalue weighted by atomic mass is 10.0. The molecular weight excluding hydrogens is 464 g/mol. The van der Waals surface area contributed by atoms with Gasteiger partial charge in [-0.1, -0.05) is 32.0 Å². The van der Waals surface area contributed by atoms with Gasteiger partial charge in [-0.05, 0) is 73.4 Å². The lowest BCUT2D eigenvalue weighted by Gasteiger charge is -2.41. The minimum Gasteiger partial charge on any atom is -0.497 e. The van der Waals surface area contributed by atoms with Crippen molar-refractivity contribution in [1.29, 1.82) is 0 Å². The molecule has 1 fully saturated rings. The van der Waals surface area contributed by atoms with Gasteiger partial charge in [0.1, 0.15) is 23.0 Å². The van der Waals surface area contributed by atoms with Crippen LogP contribution in [-0.4, -0.2) is 54.5 Å². The Morgan fingerprint density at radius 1 is 1.05 bits per heavy atom. The van der Waals surface area contributed by atoms with Crippen molar-refractivity contribution >= 4 is 23.2 Å². The number of carbonyl (C=O) groups is 1. The fraction of sp³-hybridized carbons (Fsp3) is 0.333. The average Bonchev–Trinajstić information content (AvgIpc) is 3.04. The van der Waals surface area contributed by atoms with Gasteiger partial charge in [0.25, 0.3) is 0 Å². The third-order valence-corrected chi connectivity index (χ3v) is 7.01. The molecule has 3 aromatic rings. The number of ether oxygens (including phenoxy) is 2. The maximum atomic E-state index is 13.1. The van der Waals surface area contributed by atoms with Crippen LogP contribution in [0, 0.1) is 6.92 Å². The molecule has 0 radical (unpaired) electrons. The predicted octanol–water partition coefficient (Wildman–Crippen LogP) is 6.55. The fourth-order valence-corrected chi connectivity index (χ4v) is 4.83. The molecule has 0 aliphatic carbocycles. The number of hydrogen-bond donors (Lipinski definition) is 1. The van der Waals surface area contributed by atoms with Gasteiger partial charge >= 0.3 is 6.03 Å². The minimum absolute atomic E-state index is 0.0119. The largest absolute Gasteiger partial charge is 0.497 e. The number of methoxy groups -OCH3 is 1. The number of hydrogen-bond acceptors (Lipinski definition) is 5. The lowest BCUT2D eigenvalue weighted by Crippen LogP contribution is -2.56. The molecular formula is C30H34N4O3. The number of anilines is 1. The van der Waals surface area contributed by atoms with E-state index in [0.29, 0.717) is 25.6 Å². The summed E-state index contributed by atoms with van der Waals surface area (Å²) in [4.78, 5) is 22.3. The number of fused-ring (bicyclic) bond motifs is 2. The highest BCUT2D eigenvalue weighted by molar-refractivity contribution is 6.04. The van der Waals surface area contributed by atoms with Crippen LogP contribution in [0.3, 0.4) is 0 Å². The van der Waals surface area contributed by atoms with Crippen LogP contribution in [-0.2, 0) is 0 Å². The first-order valence-corrected chi connectivity index (χ1v) is 12.8. The minimum atomic E-state index is -0.0847. The van der Waals surface area contributed by atoms with Crippen molar-refractivity contribution in [2.24, 2.45) is 4.99 Å². The molecule has 1 N–H and O–H groups in total. The van der Waals surface area contributed by atoms with Gasteiger partial charge in [0.05, 0.1) is 12.7 Å². The van der Waals surface area contributed by atoms with Crippen LogP contribution < -0.4 is 14.8 Å². The molecule has 2 amide bonds. The van der Waals surface area contributed by atoms with Crippen molar-refractivity contribution in [3.63, 3.8) is 0 Å². The van der Waals surface area contributed by atoms with Crippen molar-refractivity contribution in [2.75, 3.05) is 32.1 Å². The monoisotopic (exact) mass is 498 g/mol. The quantitative estimate of drug-likeness (QED) is 0.445. The molecule has 1 atom stereocenters. The molecule has 192 valence electrons. The van der Waals surface area contributed by atoms with E-state index in [1.165, 1.54) is 5.56 Å². The summed E-state index contributed by atoms with van der Waals surface area (Å²) in [5.41, 5.74) is 4.83. The van der Waals surface area contributed by atoms with Gasteiger partial charge in [0.2, 0.25) is 0 Å². The normalized spacial score (nSPS) is 16.8. The van der Waals surface area contributed by atoms with E-state index in [-0.39, 0.29) is 12.1 Å². The number of amides is 2. The molecule has 1 saturated heterocycles. The number of carbonyl (C=O) groups excluding carboxylic acids is 1. The Kier molecular flexibility index (Phi) is 6.78. The number of rotatable bonds is 3. The van der Waals surface area contributed by atoms with Gasteiger partial charge in [-0.15, -0.1) is 0 Å². The van der Waals surface area contributed by atoms with Crippen LogP contribution in [0.25, 0.3) is 0 Å². The first-order valence-electron chi connectivity index (χ1n) is 12.8. The topological polar surface area (TPSA) is 66.4 Å². The van der Waals surface area contributed by atoms with Crippen molar-refractivity contribution in [3.05, 3.63) is 77.4 Å². The van der Waals surface area contributed by atoms with Crippen LogP contribution in [0.15, 0.2) is 65.7 Å². The Bertz CT molecular complexity index is 1330. The van der Waals surface area contributed by atoms with E-state index >= 15 is 0 Å². The van der Waals surface area contributed by atoms with Gasteiger partial charge < -0.3 is 24.6 Å². The smallest absolute Gasteiger partial charge is 0.322 e. The molecule has 5 rings (SSSR count). The molecule has 0 saturated carbocycles. The summed E-state index contributed by atoms with van der Waals surface area (Å²) in [6.45, 7) is 10.3. The van der Waals surface area contributed by atoms with E-state index in [2.05, 4.69) is 43.1 Å². The first-order chi connectivity index (χ1) is 17.8. The van der Waals surface area contributed by atoms with Crippen LogP contribution in [0.5, 0.6) is 17.2 Å². The number of nitrogens with zero attached hydrogens (tertiary/aromatic N) is 3. The van der Waals surface area contributed by atoms with E-state index in [4.69, 9.17) is 14.5 Å². The van der Waals surface area contributed by atoms with E-state index in [1.54, 1.807) is 7.11 Å². The molecule has 2 aliphatic heterocycles. The summed E-state index contributed by atoms with van der Waals surface area (Å²) in [7, 11) is 1.66. The maximum absolute atomic E-state index is 13.1. The van der Waals surface area contributed by atoms with Crippen molar-refractivity contribution in [1.82, 2.24) is 9.80 Å².